The highest BCUT2D eigenvalue weighted by atomic mass is 79.9. The normalized spacial score (nSPS) is 16.1. The van der Waals surface area contributed by atoms with Gasteiger partial charge in [-0.3, -0.25) is 4.99 Å². The molecule has 0 atom stereocenters. The third-order valence-electron chi connectivity index (χ3n) is 3.78. The van der Waals surface area contributed by atoms with Crippen LogP contribution < -0.4 is 10.6 Å². The molecule has 1 fully saturated rings. The van der Waals surface area contributed by atoms with Gasteiger partial charge in [0.1, 0.15) is 0 Å². The summed E-state index contributed by atoms with van der Waals surface area (Å²) < 4.78 is 1.12. The molecule has 4 heteroatoms. The van der Waals surface area contributed by atoms with Crippen LogP contribution in [-0.2, 0) is 5.41 Å². The highest BCUT2D eigenvalue weighted by Gasteiger charge is 2.23. The topological polar surface area (TPSA) is 36.4 Å². The molecule has 0 radical (unpaired) electrons. The largest absolute Gasteiger partial charge is 0.356 e. The fraction of sp³-hybridized carbons (Fsp3) is 0.562. The van der Waals surface area contributed by atoms with Gasteiger partial charge in [-0.05, 0) is 36.5 Å². The summed E-state index contributed by atoms with van der Waals surface area (Å²) in [5.74, 6) is 1.76. The van der Waals surface area contributed by atoms with Crippen LogP contribution in [0.4, 0.5) is 0 Å². The first-order valence-corrected chi connectivity index (χ1v) is 8.01. The van der Waals surface area contributed by atoms with E-state index in [4.69, 9.17) is 0 Å². The number of hydrogen-bond acceptors (Lipinski definition) is 1. The van der Waals surface area contributed by atoms with E-state index in [2.05, 4.69) is 69.7 Å². The van der Waals surface area contributed by atoms with E-state index in [9.17, 15) is 0 Å². The summed E-state index contributed by atoms with van der Waals surface area (Å²) in [5.41, 5.74) is 1.37. The molecule has 0 saturated heterocycles. The van der Waals surface area contributed by atoms with E-state index < -0.39 is 0 Å². The van der Waals surface area contributed by atoms with Crippen molar-refractivity contribution in [1.29, 1.82) is 0 Å². The minimum atomic E-state index is 0.0565. The summed E-state index contributed by atoms with van der Waals surface area (Å²) >= 11 is 3.54. The zero-order valence-corrected chi connectivity index (χ0v) is 14.1. The molecule has 0 bridgehead atoms. The minimum absolute atomic E-state index is 0.0565. The standard InChI is InChI=1S/C16H24BrN3/c1-16(2,13-5-4-6-14(17)9-13)11-20-15(18-3)19-10-12-7-8-12/h4-6,9,12H,7-8,10-11H2,1-3H3,(H2,18,19,20). The van der Waals surface area contributed by atoms with Gasteiger partial charge in [-0.1, -0.05) is 41.9 Å². The molecular formula is C16H24BrN3. The highest BCUT2D eigenvalue weighted by molar-refractivity contribution is 9.10. The minimum Gasteiger partial charge on any atom is -0.356 e. The average molecular weight is 338 g/mol. The summed E-state index contributed by atoms with van der Waals surface area (Å²) in [5, 5.41) is 6.83. The Hall–Kier alpha value is -1.03. The van der Waals surface area contributed by atoms with Gasteiger partial charge in [-0.25, -0.2) is 0 Å². The maximum Gasteiger partial charge on any atom is 0.191 e. The lowest BCUT2D eigenvalue weighted by Crippen LogP contribution is -2.44. The Bertz CT molecular complexity index is 478. The Balaban J connectivity index is 1.89. The second kappa shape index (κ2) is 6.61. The number of hydrogen-bond donors (Lipinski definition) is 2. The summed E-state index contributed by atoms with van der Waals surface area (Å²) in [7, 11) is 1.83. The van der Waals surface area contributed by atoms with E-state index in [1.165, 1.54) is 18.4 Å². The molecule has 0 heterocycles. The molecule has 0 spiro atoms. The van der Waals surface area contributed by atoms with Crippen molar-refractivity contribution in [1.82, 2.24) is 10.6 Å². The van der Waals surface area contributed by atoms with Gasteiger partial charge >= 0.3 is 0 Å². The molecule has 2 N–H and O–H groups in total. The summed E-state index contributed by atoms with van der Waals surface area (Å²) in [4.78, 5) is 4.29. The second-order valence-electron chi connectivity index (χ2n) is 6.14. The first-order valence-electron chi connectivity index (χ1n) is 7.22. The quantitative estimate of drug-likeness (QED) is 0.638. The van der Waals surface area contributed by atoms with Crippen LogP contribution in [0, 0.1) is 5.92 Å². The van der Waals surface area contributed by atoms with E-state index in [0.717, 1.165) is 29.4 Å². The Morgan fingerprint density at radius 1 is 1.35 bits per heavy atom. The van der Waals surface area contributed by atoms with E-state index in [1.54, 1.807) is 0 Å². The van der Waals surface area contributed by atoms with Crippen LogP contribution in [0.25, 0.3) is 0 Å². The second-order valence-corrected chi connectivity index (χ2v) is 7.06. The van der Waals surface area contributed by atoms with Gasteiger partial charge in [0.15, 0.2) is 5.96 Å². The molecule has 1 aromatic rings. The van der Waals surface area contributed by atoms with Gasteiger partial charge in [0.05, 0.1) is 0 Å². The molecule has 0 amide bonds. The Morgan fingerprint density at radius 2 is 2.10 bits per heavy atom. The average Bonchev–Trinajstić information content (AvgIpc) is 3.23. The predicted octanol–water partition coefficient (Wildman–Crippen LogP) is 3.30. The number of nitrogens with one attached hydrogen (secondary N) is 2. The Kier molecular flexibility index (Phi) is 5.08. The van der Waals surface area contributed by atoms with E-state index in [-0.39, 0.29) is 5.41 Å². The van der Waals surface area contributed by atoms with E-state index >= 15 is 0 Å². The van der Waals surface area contributed by atoms with Crippen molar-refractivity contribution in [3.8, 4) is 0 Å². The van der Waals surface area contributed by atoms with Gasteiger partial charge in [-0.15, -0.1) is 0 Å². The van der Waals surface area contributed by atoms with Crippen LogP contribution in [0.3, 0.4) is 0 Å². The van der Waals surface area contributed by atoms with Crippen molar-refractivity contribution >= 4 is 21.9 Å². The third kappa shape index (κ3) is 4.51. The van der Waals surface area contributed by atoms with Crippen LogP contribution in [0.2, 0.25) is 0 Å². The number of aliphatic imine (C=N–C) groups is 1. The lowest BCUT2D eigenvalue weighted by Gasteiger charge is -2.27. The highest BCUT2D eigenvalue weighted by Crippen LogP contribution is 2.27. The van der Waals surface area contributed by atoms with Crippen LogP contribution in [0.15, 0.2) is 33.7 Å². The molecule has 1 aliphatic carbocycles. The number of nitrogens with zero attached hydrogens (tertiary/aromatic N) is 1. The molecule has 2 rings (SSSR count). The van der Waals surface area contributed by atoms with Crippen molar-refractivity contribution in [3.05, 3.63) is 34.3 Å². The zero-order valence-electron chi connectivity index (χ0n) is 12.5. The van der Waals surface area contributed by atoms with Gasteiger partial charge in [0.2, 0.25) is 0 Å². The predicted molar refractivity (Wildman–Crippen MR) is 89.3 cm³/mol. The molecular weight excluding hydrogens is 314 g/mol. The number of benzene rings is 1. The molecule has 0 unspecified atom stereocenters. The van der Waals surface area contributed by atoms with Crippen LogP contribution in [0.5, 0.6) is 0 Å². The summed E-state index contributed by atoms with van der Waals surface area (Å²) in [6.07, 6.45) is 2.71. The molecule has 1 saturated carbocycles. The molecule has 110 valence electrons. The van der Waals surface area contributed by atoms with E-state index in [1.807, 2.05) is 7.05 Å². The smallest absolute Gasteiger partial charge is 0.191 e. The van der Waals surface area contributed by atoms with Crippen molar-refractivity contribution < 1.29 is 0 Å². The fourth-order valence-corrected chi connectivity index (χ4v) is 2.50. The molecule has 0 aromatic heterocycles. The maximum atomic E-state index is 4.29. The monoisotopic (exact) mass is 337 g/mol. The van der Waals surface area contributed by atoms with Crippen LogP contribution in [0.1, 0.15) is 32.3 Å². The number of guanidine groups is 1. The summed E-state index contributed by atoms with van der Waals surface area (Å²) in [6.45, 7) is 6.39. The molecule has 1 aliphatic rings. The maximum absolute atomic E-state index is 4.29. The first kappa shape index (κ1) is 15.4. The van der Waals surface area contributed by atoms with Crippen molar-refractivity contribution in [2.75, 3.05) is 20.1 Å². The fourth-order valence-electron chi connectivity index (χ4n) is 2.10. The molecule has 1 aromatic carbocycles. The molecule has 0 aliphatic heterocycles. The van der Waals surface area contributed by atoms with Crippen molar-refractivity contribution in [2.24, 2.45) is 10.9 Å². The van der Waals surface area contributed by atoms with Crippen LogP contribution in [-0.4, -0.2) is 26.1 Å². The van der Waals surface area contributed by atoms with Crippen molar-refractivity contribution in [2.45, 2.75) is 32.1 Å². The zero-order chi connectivity index (χ0) is 14.6. The van der Waals surface area contributed by atoms with Crippen LogP contribution >= 0.6 is 15.9 Å². The third-order valence-corrected chi connectivity index (χ3v) is 4.28. The number of halogens is 1. The summed E-state index contributed by atoms with van der Waals surface area (Å²) in [6, 6.07) is 8.50. The Morgan fingerprint density at radius 3 is 2.70 bits per heavy atom. The lowest BCUT2D eigenvalue weighted by molar-refractivity contribution is 0.508. The first-order chi connectivity index (χ1) is 9.51. The van der Waals surface area contributed by atoms with Gasteiger partial charge in [0, 0.05) is 30.0 Å². The molecule has 20 heavy (non-hydrogen) atoms. The lowest BCUT2D eigenvalue weighted by atomic mass is 9.85. The van der Waals surface area contributed by atoms with Gasteiger partial charge in [-0.2, -0.15) is 0 Å². The van der Waals surface area contributed by atoms with Gasteiger partial charge in [0.25, 0.3) is 0 Å². The molecule has 3 nitrogen and oxygen atoms in total. The van der Waals surface area contributed by atoms with E-state index in [0.29, 0.717) is 0 Å². The van der Waals surface area contributed by atoms with Gasteiger partial charge < -0.3 is 10.6 Å². The Labute approximate surface area is 130 Å². The SMILES string of the molecule is CN=C(NCC1CC1)NCC(C)(C)c1cccc(Br)c1. The number of rotatable bonds is 5. The van der Waals surface area contributed by atoms with Crippen molar-refractivity contribution in [3.63, 3.8) is 0 Å².